The van der Waals surface area contributed by atoms with Crippen LogP contribution in [-0.4, -0.2) is 12.5 Å². The van der Waals surface area contributed by atoms with Crippen LogP contribution in [0.25, 0.3) is 0 Å². The van der Waals surface area contributed by atoms with Gasteiger partial charge in [0.1, 0.15) is 0 Å². The molecular weight excluding hydrogens is 352 g/mol. The molecule has 0 saturated carbocycles. The summed E-state index contributed by atoms with van der Waals surface area (Å²) in [4.78, 5) is 14.5. The van der Waals surface area contributed by atoms with Crippen LogP contribution in [0.4, 0.5) is 11.4 Å². The van der Waals surface area contributed by atoms with Crippen molar-refractivity contribution in [3.8, 4) is 0 Å². The van der Waals surface area contributed by atoms with Crippen molar-refractivity contribution in [2.45, 2.75) is 13.3 Å². The van der Waals surface area contributed by atoms with E-state index in [0.29, 0.717) is 27.3 Å². The molecule has 2 N–H and O–H groups in total. The molecule has 0 heterocycles. The highest BCUT2D eigenvalue weighted by Crippen LogP contribution is 2.28. The minimum absolute atomic E-state index is 0.118. The van der Waals surface area contributed by atoms with Crippen LogP contribution in [0, 0.1) is 0 Å². The first-order valence-corrected chi connectivity index (χ1v) is 7.83. The second-order valence-electron chi connectivity index (χ2n) is 4.65. The number of carbonyl (C=O) groups is 1. The Morgan fingerprint density at radius 3 is 2.52 bits per heavy atom. The van der Waals surface area contributed by atoms with Crippen molar-refractivity contribution in [2.24, 2.45) is 0 Å². The number of nitrogens with two attached hydrogens (primary N) is 1. The molecule has 0 aliphatic heterocycles. The average Bonchev–Trinajstić information content (AvgIpc) is 2.48. The number of anilines is 2. The van der Waals surface area contributed by atoms with Crippen LogP contribution < -0.4 is 10.6 Å². The SMILES string of the molecule is CCCN(C(=O)c1cccc(Br)c1Cl)c1ccc(N)cc1. The summed E-state index contributed by atoms with van der Waals surface area (Å²) in [5, 5.41) is 0.430. The van der Waals surface area contributed by atoms with Gasteiger partial charge in [-0.05, 0) is 58.7 Å². The summed E-state index contributed by atoms with van der Waals surface area (Å²) in [6.45, 7) is 2.64. The molecule has 2 aromatic rings. The van der Waals surface area contributed by atoms with Gasteiger partial charge in [0.15, 0.2) is 0 Å². The number of nitrogens with zero attached hydrogens (tertiary/aromatic N) is 1. The standard InChI is InChI=1S/C16H16BrClN2O/c1-2-10-20(12-8-6-11(19)7-9-12)16(21)13-4-3-5-14(17)15(13)18/h3-9H,2,10,19H2,1H3. The van der Waals surface area contributed by atoms with Gasteiger partial charge in [0.2, 0.25) is 0 Å². The molecule has 110 valence electrons. The molecule has 0 spiro atoms. The predicted octanol–water partition coefficient (Wildman–Crippen LogP) is 4.74. The van der Waals surface area contributed by atoms with Crippen LogP contribution >= 0.6 is 27.5 Å². The first-order chi connectivity index (χ1) is 10.0. The predicted molar refractivity (Wildman–Crippen MR) is 92.0 cm³/mol. The van der Waals surface area contributed by atoms with Crippen LogP contribution in [0.15, 0.2) is 46.9 Å². The quantitative estimate of drug-likeness (QED) is 0.793. The van der Waals surface area contributed by atoms with Gasteiger partial charge in [0.25, 0.3) is 5.91 Å². The zero-order chi connectivity index (χ0) is 15.4. The van der Waals surface area contributed by atoms with E-state index in [1.807, 2.05) is 25.1 Å². The molecule has 2 rings (SSSR count). The molecule has 3 nitrogen and oxygen atoms in total. The highest BCUT2D eigenvalue weighted by molar-refractivity contribution is 9.10. The molecule has 0 radical (unpaired) electrons. The molecule has 0 atom stereocenters. The van der Waals surface area contributed by atoms with Gasteiger partial charge in [0, 0.05) is 22.4 Å². The molecule has 21 heavy (non-hydrogen) atoms. The fourth-order valence-electron chi connectivity index (χ4n) is 2.04. The number of carbonyl (C=O) groups excluding carboxylic acids is 1. The third kappa shape index (κ3) is 3.57. The van der Waals surface area contributed by atoms with Crippen molar-refractivity contribution in [1.29, 1.82) is 0 Å². The van der Waals surface area contributed by atoms with Crippen LogP contribution in [-0.2, 0) is 0 Å². The third-order valence-electron chi connectivity index (χ3n) is 3.08. The third-order valence-corrected chi connectivity index (χ3v) is 4.38. The first-order valence-electron chi connectivity index (χ1n) is 6.66. The van der Waals surface area contributed by atoms with Gasteiger partial charge in [-0.3, -0.25) is 4.79 Å². The second-order valence-corrected chi connectivity index (χ2v) is 5.88. The lowest BCUT2D eigenvalue weighted by Crippen LogP contribution is -2.31. The van der Waals surface area contributed by atoms with E-state index in [0.717, 1.165) is 12.1 Å². The molecule has 0 saturated heterocycles. The van der Waals surface area contributed by atoms with Gasteiger partial charge in [-0.25, -0.2) is 0 Å². The van der Waals surface area contributed by atoms with E-state index in [-0.39, 0.29) is 5.91 Å². The number of halogens is 2. The first kappa shape index (κ1) is 15.9. The van der Waals surface area contributed by atoms with E-state index in [1.165, 1.54) is 0 Å². The maximum absolute atomic E-state index is 12.8. The van der Waals surface area contributed by atoms with Crippen molar-refractivity contribution >= 4 is 44.8 Å². The Hall–Kier alpha value is -1.52. The average molecular weight is 368 g/mol. The number of nitrogen functional groups attached to an aromatic ring is 1. The molecule has 0 bridgehead atoms. The van der Waals surface area contributed by atoms with E-state index in [4.69, 9.17) is 17.3 Å². The van der Waals surface area contributed by atoms with E-state index >= 15 is 0 Å². The van der Waals surface area contributed by atoms with Crippen molar-refractivity contribution in [2.75, 3.05) is 17.2 Å². The van der Waals surface area contributed by atoms with Crippen molar-refractivity contribution < 1.29 is 4.79 Å². The molecular formula is C16H16BrClN2O. The molecule has 0 aromatic heterocycles. The Labute approximate surface area is 137 Å². The maximum atomic E-state index is 12.8. The Balaban J connectivity index is 2.40. The summed E-state index contributed by atoms with van der Waals surface area (Å²) >= 11 is 9.58. The molecule has 0 fully saturated rings. The number of benzene rings is 2. The molecule has 0 aliphatic rings. The van der Waals surface area contributed by atoms with Gasteiger partial charge in [-0.15, -0.1) is 0 Å². The number of amides is 1. The van der Waals surface area contributed by atoms with Gasteiger partial charge in [0.05, 0.1) is 10.6 Å². The minimum atomic E-state index is -0.118. The van der Waals surface area contributed by atoms with E-state index in [9.17, 15) is 4.79 Å². The van der Waals surface area contributed by atoms with Crippen molar-refractivity contribution in [3.05, 3.63) is 57.5 Å². The molecule has 2 aromatic carbocycles. The van der Waals surface area contributed by atoms with Crippen LogP contribution in [0.3, 0.4) is 0 Å². The zero-order valence-electron chi connectivity index (χ0n) is 11.6. The van der Waals surface area contributed by atoms with Crippen LogP contribution in [0.5, 0.6) is 0 Å². The van der Waals surface area contributed by atoms with Gasteiger partial charge in [-0.1, -0.05) is 24.6 Å². The Bertz CT molecular complexity index is 643. The minimum Gasteiger partial charge on any atom is -0.399 e. The summed E-state index contributed by atoms with van der Waals surface area (Å²) in [6, 6.07) is 12.6. The highest BCUT2D eigenvalue weighted by atomic mass is 79.9. The molecule has 1 amide bonds. The number of hydrogen-bond acceptors (Lipinski definition) is 2. The van der Waals surface area contributed by atoms with Crippen LogP contribution in [0.1, 0.15) is 23.7 Å². The normalized spacial score (nSPS) is 10.4. The summed E-state index contributed by atoms with van der Waals surface area (Å²) < 4.78 is 0.712. The topological polar surface area (TPSA) is 46.3 Å². The molecule has 0 aliphatic carbocycles. The van der Waals surface area contributed by atoms with Crippen molar-refractivity contribution in [3.63, 3.8) is 0 Å². The largest absolute Gasteiger partial charge is 0.399 e. The Morgan fingerprint density at radius 2 is 1.90 bits per heavy atom. The highest BCUT2D eigenvalue weighted by Gasteiger charge is 2.20. The Kier molecular flexibility index (Phi) is 5.26. The summed E-state index contributed by atoms with van der Waals surface area (Å²) in [7, 11) is 0. The zero-order valence-corrected chi connectivity index (χ0v) is 14.0. The second kappa shape index (κ2) is 6.96. The van der Waals surface area contributed by atoms with Crippen LogP contribution in [0.2, 0.25) is 5.02 Å². The summed E-state index contributed by atoms with van der Waals surface area (Å²) in [6.07, 6.45) is 0.849. The van der Waals surface area contributed by atoms with E-state index in [2.05, 4.69) is 15.9 Å². The lowest BCUT2D eigenvalue weighted by molar-refractivity contribution is 0.0987. The lowest BCUT2D eigenvalue weighted by atomic mass is 10.1. The van der Waals surface area contributed by atoms with E-state index < -0.39 is 0 Å². The molecule has 0 unspecified atom stereocenters. The molecule has 5 heteroatoms. The van der Waals surface area contributed by atoms with Gasteiger partial charge >= 0.3 is 0 Å². The van der Waals surface area contributed by atoms with Crippen molar-refractivity contribution in [1.82, 2.24) is 0 Å². The summed E-state index contributed by atoms with van der Waals surface area (Å²) in [5.41, 5.74) is 7.67. The Morgan fingerprint density at radius 1 is 1.24 bits per heavy atom. The fraction of sp³-hybridized carbons (Fsp3) is 0.188. The maximum Gasteiger partial charge on any atom is 0.259 e. The number of rotatable bonds is 4. The lowest BCUT2D eigenvalue weighted by Gasteiger charge is -2.23. The van der Waals surface area contributed by atoms with Gasteiger partial charge in [-0.2, -0.15) is 0 Å². The summed E-state index contributed by atoms with van der Waals surface area (Å²) in [5.74, 6) is -0.118. The van der Waals surface area contributed by atoms with E-state index in [1.54, 1.807) is 29.2 Å². The smallest absolute Gasteiger partial charge is 0.259 e. The van der Waals surface area contributed by atoms with Gasteiger partial charge < -0.3 is 10.6 Å². The fourth-order valence-corrected chi connectivity index (χ4v) is 2.61. The monoisotopic (exact) mass is 366 g/mol. The number of hydrogen-bond donors (Lipinski definition) is 1.